The molecule has 1 saturated carbocycles. The predicted octanol–water partition coefficient (Wildman–Crippen LogP) is 4.55. The lowest BCUT2D eigenvalue weighted by molar-refractivity contribution is 0.521. The van der Waals surface area contributed by atoms with Crippen molar-refractivity contribution < 1.29 is 0 Å². The van der Waals surface area contributed by atoms with Crippen LogP contribution >= 0.6 is 22.9 Å². The zero-order chi connectivity index (χ0) is 11.9. The van der Waals surface area contributed by atoms with Crippen molar-refractivity contribution in [1.29, 1.82) is 0 Å². The fraction of sp³-hybridized carbons (Fsp3) is 0.462. The second kappa shape index (κ2) is 4.14. The van der Waals surface area contributed by atoms with E-state index in [1.54, 1.807) is 11.3 Å². The van der Waals surface area contributed by atoms with E-state index >= 15 is 0 Å². The molecule has 1 fully saturated rings. The van der Waals surface area contributed by atoms with Crippen LogP contribution in [0.3, 0.4) is 0 Å². The molecule has 0 atom stereocenters. The van der Waals surface area contributed by atoms with Crippen LogP contribution in [0, 0.1) is 5.41 Å². The summed E-state index contributed by atoms with van der Waals surface area (Å²) >= 11 is 7.79. The molecule has 0 unspecified atom stereocenters. The van der Waals surface area contributed by atoms with E-state index < -0.39 is 0 Å². The number of hydrogen-bond acceptors (Lipinski definition) is 3. The van der Waals surface area contributed by atoms with Gasteiger partial charge in [0.05, 0.1) is 15.2 Å². The van der Waals surface area contributed by atoms with Crippen LogP contribution < -0.4 is 5.32 Å². The average Bonchev–Trinajstić information content (AvgIpc) is 3.00. The van der Waals surface area contributed by atoms with E-state index in [9.17, 15) is 0 Å². The Kier molecular flexibility index (Phi) is 2.75. The van der Waals surface area contributed by atoms with E-state index in [1.807, 2.05) is 18.2 Å². The van der Waals surface area contributed by atoms with Crippen LogP contribution in [0.15, 0.2) is 18.2 Å². The van der Waals surface area contributed by atoms with Crippen molar-refractivity contribution in [3.63, 3.8) is 0 Å². The molecule has 0 aliphatic heterocycles. The van der Waals surface area contributed by atoms with Gasteiger partial charge in [-0.2, -0.15) is 0 Å². The molecule has 3 rings (SSSR count). The molecule has 4 heteroatoms. The third-order valence-corrected chi connectivity index (χ3v) is 5.18. The largest absolute Gasteiger partial charge is 0.361 e. The van der Waals surface area contributed by atoms with E-state index in [0.29, 0.717) is 5.41 Å². The van der Waals surface area contributed by atoms with Gasteiger partial charge in [-0.3, -0.25) is 0 Å². The topological polar surface area (TPSA) is 24.9 Å². The Morgan fingerprint density at radius 2 is 2.29 bits per heavy atom. The minimum Gasteiger partial charge on any atom is -0.361 e. The standard InChI is InChI=1S/C13H15ClN2S/c1-2-13(6-7-13)8-15-12-16-10-5-3-4-9(14)11(10)17-12/h3-5H,2,6-8H2,1H3,(H,15,16). The van der Waals surface area contributed by atoms with Crippen LogP contribution in [0.1, 0.15) is 26.2 Å². The average molecular weight is 267 g/mol. The molecular weight excluding hydrogens is 252 g/mol. The number of fused-ring (bicyclic) bond motifs is 1. The summed E-state index contributed by atoms with van der Waals surface area (Å²) in [6.07, 6.45) is 3.95. The molecule has 90 valence electrons. The summed E-state index contributed by atoms with van der Waals surface area (Å²) in [6, 6.07) is 5.87. The lowest BCUT2D eigenvalue weighted by Gasteiger charge is -2.11. The smallest absolute Gasteiger partial charge is 0.183 e. The molecule has 1 heterocycles. The van der Waals surface area contributed by atoms with Crippen molar-refractivity contribution in [2.75, 3.05) is 11.9 Å². The molecule has 1 aromatic heterocycles. The van der Waals surface area contributed by atoms with E-state index in [2.05, 4.69) is 17.2 Å². The molecule has 2 aromatic rings. The molecule has 0 radical (unpaired) electrons. The Balaban J connectivity index is 1.79. The first-order chi connectivity index (χ1) is 8.22. The zero-order valence-corrected chi connectivity index (χ0v) is 11.4. The SMILES string of the molecule is CCC1(CNc2nc3cccc(Cl)c3s2)CC1. The van der Waals surface area contributed by atoms with Gasteiger partial charge in [0.1, 0.15) is 0 Å². The Morgan fingerprint density at radius 1 is 1.47 bits per heavy atom. The van der Waals surface area contributed by atoms with Gasteiger partial charge in [-0.05, 0) is 36.8 Å². The predicted molar refractivity (Wildman–Crippen MR) is 75.1 cm³/mol. The summed E-state index contributed by atoms with van der Waals surface area (Å²) in [4.78, 5) is 4.56. The van der Waals surface area contributed by atoms with Gasteiger partial charge in [-0.25, -0.2) is 4.98 Å². The number of anilines is 1. The number of nitrogens with one attached hydrogen (secondary N) is 1. The molecule has 0 spiro atoms. The molecular formula is C13H15ClN2S. The van der Waals surface area contributed by atoms with Gasteiger partial charge in [0, 0.05) is 6.54 Å². The highest BCUT2D eigenvalue weighted by molar-refractivity contribution is 7.22. The fourth-order valence-corrected chi connectivity index (χ4v) is 3.24. The number of thiazole rings is 1. The minimum absolute atomic E-state index is 0.543. The van der Waals surface area contributed by atoms with Gasteiger partial charge in [0.25, 0.3) is 0 Å². The lowest BCUT2D eigenvalue weighted by atomic mass is 10.0. The van der Waals surface area contributed by atoms with Crippen LogP contribution in [-0.2, 0) is 0 Å². The van der Waals surface area contributed by atoms with Crippen molar-refractivity contribution in [1.82, 2.24) is 4.98 Å². The summed E-state index contributed by atoms with van der Waals surface area (Å²) in [6.45, 7) is 3.31. The number of hydrogen-bond donors (Lipinski definition) is 1. The normalized spacial score (nSPS) is 17.3. The minimum atomic E-state index is 0.543. The van der Waals surface area contributed by atoms with Gasteiger partial charge in [0.15, 0.2) is 5.13 Å². The number of benzene rings is 1. The maximum Gasteiger partial charge on any atom is 0.183 e. The van der Waals surface area contributed by atoms with Crippen molar-refractivity contribution in [2.45, 2.75) is 26.2 Å². The monoisotopic (exact) mass is 266 g/mol. The summed E-state index contributed by atoms with van der Waals surface area (Å²) < 4.78 is 1.08. The molecule has 1 N–H and O–H groups in total. The number of nitrogens with zero attached hydrogens (tertiary/aromatic N) is 1. The highest BCUT2D eigenvalue weighted by Gasteiger charge is 2.40. The quantitative estimate of drug-likeness (QED) is 0.878. The van der Waals surface area contributed by atoms with Crippen molar-refractivity contribution in [3.05, 3.63) is 23.2 Å². The van der Waals surface area contributed by atoms with Crippen LogP contribution in [0.2, 0.25) is 5.02 Å². The third-order valence-electron chi connectivity index (χ3n) is 3.69. The van der Waals surface area contributed by atoms with Crippen LogP contribution in [0.25, 0.3) is 10.2 Å². The highest BCUT2D eigenvalue weighted by atomic mass is 35.5. The number of rotatable bonds is 4. The molecule has 2 nitrogen and oxygen atoms in total. The van der Waals surface area contributed by atoms with E-state index in [1.165, 1.54) is 19.3 Å². The van der Waals surface area contributed by atoms with Gasteiger partial charge in [-0.1, -0.05) is 35.9 Å². The first kappa shape index (κ1) is 11.3. The van der Waals surface area contributed by atoms with Crippen LogP contribution in [0.4, 0.5) is 5.13 Å². The van der Waals surface area contributed by atoms with E-state index in [4.69, 9.17) is 11.6 Å². The maximum absolute atomic E-state index is 6.14. The second-order valence-corrected chi connectivity index (χ2v) is 6.22. The van der Waals surface area contributed by atoms with Crippen molar-refractivity contribution >= 4 is 38.3 Å². The molecule has 1 aliphatic rings. The maximum atomic E-state index is 6.14. The first-order valence-corrected chi connectivity index (χ1v) is 7.21. The third kappa shape index (κ3) is 2.14. The van der Waals surface area contributed by atoms with E-state index in [0.717, 1.165) is 26.9 Å². The van der Waals surface area contributed by atoms with Gasteiger partial charge in [0.2, 0.25) is 0 Å². The Bertz CT molecular complexity index is 545. The van der Waals surface area contributed by atoms with Crippen molar-refractivity contribution in [2.24, 2.45) is 5.41 Å². The number of aromatic nitrogens is 1. The first-order valence-electron chi connectivity index (χ1n) is 6.01. The molecule has 1 aliphatic carbocycles. The van der Waals surface area contributed by atoms with Crippen LogP contribution in [0.5, 0.6) is 0 Å². The van der Waals surface area contributed by atoms with Crippen LogP contribution in [-0.4, -0.2) is 11.5 Å². The van der Waals surface area contributed by atoms with E-state index in [-0.39, 0.29) is 0 Å². The molecule has 17 heavy (non-hydrogen) atoms. The summed E-state index contributed by atoms with van der Waals surface area (Å²) in [7, 11) is 0. The lowest BCUT2D eigenvalue weighted by Crippen LogP contribution is -2.13. The zero-order valence-electron chi connectivity index (χ0n) is 9.79. The van der Waals surface area contributed by atoms with Gasteiger partial charge in [-0.15, -0.1) is 0 Å². The summed E-state index contributed by atoms with van der Waals surface area (Å²) in [5.41, 5.74) is 1.54. The molecule has 0 saturated heterocycles. The van der Waals surface area contributed by atoms with Gasteiger partial charge < -0.3 is 5.32 Å². The molecule has 1 aromatic carbocycles. The second-order valence-electron chi connectivity index (χ2n) is 4.81. The number of halogens is 1. The fourth-order valence-electron chi connectivity index (χ4n) is 2.09. The Morgan fingerprint density at radius 3 is 2.94 bits per heavy atom. The summed E-state index contributed by atoms with van der Waals surface area (Å²) in [5.74, 6) is 0. The van der Waals surface area contributed by atoms with Gasteiger partial charge >= 0.3 is 0 Å². The summed E-state index contributed by atoms with van der Waals surface area (Å²) in [5, 5.41) is 5.25. The highest BCUT2D eigenvalue weighted by Crippen LogP contribution is 2.48. The molecule has 0 bridgehead atoms. The Labute approximate surface area is 110 Å². The van der Waals surface area contributed by atoms with Crippen molar-refractivity contribution in [3.8, 4) is 0 Å². The Hall–Kier alpha value is -0.800. The molecule has 0 amide bonds.